The van der Waals surface area contributed by atoms with Crippen LogP contribution in [0, 0.1) is 0 Å². The standard InChI is InChI=1S/C19H20N4O3/c1-14(11-15-7-4-3-5-8-15)23-13-18(26-22-23)21-19(24)20-16-9-6-10-17(12-16)25-2/h3-10,12-14H,11H2,1-2H3,(H-,20,21,22,24)/p+1. The summed E-state index contributed by atoms with van der Waals surface area (Å²) in [5.41, 5.74) is 1.83. The van der Waals surface area contributed by atoms with E-state index >= 15 is 0 Å². The summed E-state index contributed by atoms with van der Waals surface area (Å²) in [6.07, 6.45) is 2.48. The van der Waals surface area contributed by atoms with Crippen LogP contribution in [0.4, 0.5) is 16.4 Å². The molecule has 134 valence electrons. The molecular weight excluding hydrogens is 332 g/mol. The molecule has 7 nitrogen and oxygen atoms in total. The van der Waals surface area contributed by atoms with Gasteiger partial charge in [0.1, 0.15) is 5.75 Å². The number of aromatic nitrogens is 2. The third kappa shape index (κ3) is 4.60. The average molecular weight is 353 g/mol. The Kier molecular flexibility index (Phi) is 5.48. The van der Waals surface area contributed by atoms with E-state index in [1.54, 1.807) is 42.3 Å². The van der Waals surface area contributed by atoms with Crippen molar-refractivity contribution in [3.63, 3.8) is 0 Å². The molecule has 3 rings (SSSR count). The summed E-state index contributed by atoms with van der Waals surface area (Å²) in [6, 6.07) is 16.9. The lowest BCUT2D eigenvalue weighted by Crippen LogP contribution is -2.40. The highest BCUT2D eigenvalue weighted by molar-refractivity contribution is 5.98. The summed E-state index contributed by atoms with van der Waals surface area (Å²) in [6.45, 7) is 2.04. The van der Waals surface area contributed by atoms with Crippen molar-refractivity contribution in [2.45, 2.75) is 19.4 Å². The molecule has 2 N–H and O–H groups in total. The number of carbonyl (C=O) groups is 1. The maximum atomic E-state index is 12.1. The predicted molar refractivity (Wildman–Crippen MR) is 97.2 cm³/mol. The van der Waals surface area contributed by atoms with Gasteiger partial charge in [-0.1, -0.05) is 36.4 Å². The van der Waals surface area contributed by atoms with E-state index in [1.165, 1.54) is 5.56 Å². The van der Waals surface area contributed by atoms with Crippen molar-refractivity contribution < 1.29 is 18.7 Å². The smallest absolute Gasteiger partial charge is 0.326 e. The van der Waals surface area contributed by atoms with Crippen molar-refractivity contribution in [1.82, 2.24) is 5.27 Å². The number of amides is 2. The van der Waals surface area contributed by atoms with Crippen molar-refractivity contribution in [2.75, 3.05) is 17.7 Å². The van der Waals surface area contributed by atoms with Crippen LogP contribution < -0.4 is 20.1 Å². The zero-order valence-electron chi connectivity index (χ0n) is 14.7. The van der Waals surface area contributed by atoms with Gasteiger partial charge in [0.05, 0.1) is 7.11 Å². The summed E-state index contributed by atoms with van der Waals surface area (Å²) in [4.78, 5) is 12.1. The van der Waals surface area contributed by atoms with E-state index in [-0.39, 0.29) is 11.9 Å². The van der Waals surface area contributed by atoms with E-state index in [9.17, 15) is 4.79 Å². The van der Waals surface area contributed by atoms with Gasteiger partial charge in [-0.05, 0) is 22.4 Å². The molecule has 2 aromatic carbocycles. The molecule has 2 amide bonds. The molecule has 0 fully saturated rings. The zero-order chi connectivity index (χ0) is 18.4. The second kappa shape index (κ2) is 8.15. The molecule has 0 aliphatic rings. The molecule has 0 bridgehead atoms. The SMILES string of the molecule is COc1cccc(NC(=O)Nc2c[n+](C(C)Cc3ccccc3)no2)c1. The average Bonchev–Trinajstić information content (AvgIpc) is 3.11. The monoisotopic (exact) mass is 353 g/mol. The van der Waals surface area contributed by atoms with E-state index in [2.05, 4.69) is 28.0 Å². The number of carbonyl (C=O) groups excluding carboxylic acids is 1. The largest absolute Gasteiger partial charge is 0.497 e. The lowest BCUT2D eigenvalue weighted by atomic mass is 10.1. The van der Waals surface area contributed by atoms with Crippen LogP contribution in [-0.2, 0) is 6.42 Å². The summed E-state index contributed by atoms with van der Waals surface area (Å²) in [7, 11) is 1.57. The normalized spacial score (nSPS) is 11.6. The molecule has 0 spiro atoms. The Bertz CT molecular complexity index is 864. The van der Waals surface area contributed by atoms with E-state index in [1.807, 2.05) is 25.1 Å². The molecule has 0 saturated heterocycles. The van der Waals surface area contributed by atoms with Gasteiger partial charge in [0.2, 0.25) is 5.27 Å². The van der Waals surface area contributed by atoms with Gasteiger partial charge in [-0.2, -0.15) is 0 Å². The Labute approximate surface area is 151 Å². The number of nitrogens with one attached hydrogen (secondary N) is 2. The molecule has 1 aromatic heterocycles. The van der Waals surface area contributed by atoms with Crippen molar-refractivity contribution in [1.29, 1.82) is 0 Å². The lowest BCUT2D eigenvalue weighted by Gasteiger charge is -2.06. The Morgan fingerprint density at radius 1 is 1.19 bits per heavy atom. The van der Waals surface area contributed by atoms with Crippen LogP contribution in [-0.4, -0.2) is 18.4 Å². The number of rotatable bonds is 6. The number of ether oxygens (including phenoxy) is 1. The Morgan fingerprint density at radius 2 is 2.00 bits per heavy atom. The number of urea groups is 1. The topological polar surface area (TPSA) is 80.3 Å². The predicted octanol–water partition coefficient (Wildman–Crippen LogP) is 3.42. The highest BCUT2D eigenvalue weighted by atomic mass is 16.5. The van der Waals surface area contributed by atoms with Gasteiger partial charge in [0.15, 0.2) is 6.04 Å². The second-order valence-corrected chi connectivity index (χ2v) is 5.90. The molecule has 1 atom stereocenters. The Balaban J connectivity index is 1.58. The molecular formula is C19H21N4O3+. The number of methoxy groups -OCH3 is 1. The van der Waals surface area contributed by atoms with Gasteiger partial charge >= 0.3 is 11.9 Å². The maximum Gasteiger partial charge on any atom is 0.326 e. The number of hydrogen-bond donors (Lipinski definition) is 2. The van der Waals surface area contributed by atoms with Crippen LogP contribution in [0.15, 0.2) is 65.3 Å². The lowest BCUT2D eigenvalue weighted by molar-refractivity contribution is -0.782. The minimum absolute atomic E-state index is 0.0955. The molecule has 1 heterocycles. The summed E-state index contributed by atoms with van der Waals surface area (Å²) < 4.78 is 12.0. The van der Waals surface area contributed by atoms with Gasteiger partial charge in [0.25, 0.3) is 6.20 Å². The van der Waals surface area contributed by atoms with Crippen LogP contribution in [0.2, 0.25) is 0 Å². The first-order valence-corrected chi connectivity index (χ1v) is 8.28. The van der Waals surface area contributed by atoms with Gasteiger partial charge in [-0.3, -0.25) is 9.84 Å². The fourth-order valence-electron chi connectivity index (χ4n) is 2.55. The van der Waals surface area contributed by atoms with Gasteiger partial charge in [0, 0.05) is 25.1 Å². The quantitative estimate of drug-likeness (QED) is 0.666. The third-order valence-corrected chi connectivity index (χ3v) is 3.87. The van der Waals surface area contributed by atoms with Gasteiger partial charge in [-0.25, -0.2) is 4.79 Å². The van der Waals surface area contributed by atoms with Crippen LogP contribution in [0.25, 0.3) is 0 Å². The van der Waals surface area contributed by atoms with Gasteiger partial charge < -0.3 is 10.1 Å². The number of anilines is 2. The zero-order valence-corrected chi connectivity index (χ0v) is 14.7. The molecule has 0 radical (unpaired) electrons. The third-order valence-electron chi connectivity index (χ3n) is 3.87. The number of hydrogen-bond acceptors (Lipinski definition) is 4. The first-order chi connectivity index (χ1) is 12.6. The molecule has 7 heteroatoms. The number of nitrogens with zero attached hydrogens (tertiary/aromatic N) is 2. The van der Waals surface area contributed by atoms with E-state index in [4.69, 9.17) is 9.26 Å². The Morgan fingerprint density at radius 3 is 2.77 bits per heavy atom. The minimum atomic E-state index is -0.419. The molecule has 3 aromatic rings. The van der Waals surface area contributed by atoms with Crippen molar-refractivity contribution in [3.8, 4) is 5.75 Å². The van der Waals surface area contributed by atoms with Crippen LogP contribution in [0.3, 0.4) is 0 Å². The summed E-state index contributed by atoms with van der Waals surface area (Å²) in [5.74, 6) is 0.931. The van der Waals surface area contributed by atoms with Crippen molar-refractivity contribution in [3.05, 3.63) is 66.4 Å². The van der Waals surface area contributed by atoms with Crippen LogP contribution in [0.5, 0.6) is 5.75 Å². The summed E-state index contributed by atoms with van der Waals surface area (Å²) in [5, 5.41) is 9.32. The number of benzene rings is 2. The molecule has 0 aliphatic carbocycles. The van der Waals surface area contributed by atoms with Gasteiger partial charge in [-0.15, -0.1) is 0 Å². The second-order valence-electron chi connectivity index (χ2n) is 5.90. The Hall–Kier alpha value is -3.35. The van der Waals surface area contributed by atoms with Crippen LogP contribution in [0.1, 0.15) is 18.5 Å². The molecule has 1 unspecified atom stereocenters. The van der Waals surface area contributed by atoms with E-state index in [0.29, 0.717) is 11.4 Å². The maximum absolute atomic E-state index is 12.1. The minimum Gasteiger partial charge on any atom is -0.497 e. The molecule has 26 heavy (non-hydrogen) atoms. The van der Waals surface area contributed by atoms with Crippen molar-refractivity contribution >= 4 is 17.6 Å². The summed E-state index contributed by atoms with van der Waals surface area (Å²) >= 11 is 0. The van der Waals surface area contributed by atoms with Crippen LogP contribution >= 0.6 is 0 Å². The molecule has 0 saturated carbocycles. The van der Waals surface area contributed by atoms with E-state index in [0.717, 1.165) is 6.42 Å². The molecule has 0 aliphatic heterocycles. The fraction of sp³-hybridized carbons (Fsp3) is 0.211. The first kappa shape index (κ1) is 17.5. The van der Waals surface area contributed by atoms with E-state index < -0.39 is 6.03 Å². The fourth-order valence-corrected chi connectivity index (χ4v) is 2.55. The highest BCUT2D eigenvalue weighted by Gasteiger charge is 2.21. The highest BCUT2D eigenvalue weighted by Crippen LogP contribution is 2.17. The first-order valence-electron chi connectivity index (χ1n) is 8.28. The van der Waals surface area contributed by atoms with Crippen molar-refractivity contribution in [2.24, 2.45) is 0 Å².